The first kappa shape index (κ1) is 25.6. The maximum absolute atomic E-state index is 12.4. The summed E-state index contributed by atoms with van der Waals surface area (Å²) in [6, 6.07) is 0. The summed E-state index contributed by atoms with van der Waals surface area (Å²) in [6.45, 7) is 21.0. The molecule has 5 rings (SSSR count). The molecular formula is C32H50O3. The Hall–Kier alpha value is -1.09. The summed E-state index contributed by atoms with van der Waals surface area (Å²) in [5.74, 6) is 3.68. The van der Waals surface area contributed by atoms with E-state index in [4.69, 9.17) is 4.74 Å². The molecule has 0 aromatic carbocycles. The van der Waals surface area contributed by atoms with Crippen molar-refractivity contribution < 1.29 is 14.6 Å². The number of ether oxygens (including phenoxy) is 1. The Morgan fingerprint density at radius 1 is 0.886 bits per heavy atom. The topological polar surface area (TPSA) is 46.5 Å². The summed E-state index contributed by atoms with van der Waals surface area (Å²) >= 11 is 0. The van der Waals surface area contributed by atoms with Gasteiger partial charge in [0.2, 0.25) is 0 Å². The van der Waals surface area contributed by atoms with E-state index >= 15 is 0 Å². The van der Waals surface area contributed by atoms with E-state index in [1.54, 1.807) is 0 Å². The lowest BCUT2D eigenvalue weighted by atomic mass is 9.32. The first-order valence-electron chi connectivity index (χ1n) is 14.4. The van der Waals surface area contributed by atoms with E-state index < -0.39 is 11.5 Å². The number of methoxy groups -OCH3 is 1. The van der Waals surface area contributed by atoms with Gasteiger partial charge in [-0.1, -0.05) is 46.4 Å². The molecule has 5 fully saturated rings. The molecule has 0 aromatic heterocycles. The maximum Gasteiger partial charge on any atom is 0.128 e. The predicted molar refractivity (Wildman–Crippen MR) is 142 cm³/mol. The number of hydrogen-bond acceptors (Lipinski definition) is 3. The Labute approximate surface area is 214 Å². The van der Waals surface area contributed by atoms with Crippen LogP contribution >= 0.6 is 0 Å². The van der Waals surface area contributed by atoms with Crippen LogP contribution in [0.3, 0.4) is 0 Å². The smallest absolute Gasteiger partial charge is 0.128 e. The van der Waals surface area contributed by atoms with Crippen molar-refractivity contribution in [3.8, 4) is 0 Å². The van der Waals surface area contributed by atoms with Crippen LogP contribution < -0.4 is 0 Å². The first-order valence-corrected chi connectivity index (χ1v) is 14.4. The highest BCUT2D eigenvalue weighted by molar-refractivity contribution is 5.61. The molecule has 196 valence electrons. The van der Waals surface area contributed by atoms with Crippen molar-refractivity contribution in [1.82, 2.24) is 0 Å². The van der Waals surface area contributed by atoms with Gasteiger partial charge in [0.05, 0.1) is 24.4 Å². The molecule has 5 aliphatic carbocycles. The number of aliphatic hydroxyl groups excluding tert-OH is 1. The molecule has 0 saturated heterocycles. The molecule has 5 aliphatic rings. The van der Waals surface area contributed by atoms with Gasteiger partial charge in [0.25, 0.3) is 0 Å². The number of rotatable bonds is 4. The minimum absolute atomic E-state index is 0.0951. The molecule has 0 aromatic rings. The molecule has 3 nitrogen and oxygen atoms in total. The molecule has 4 unspecified atom stereocenters. The van der Waals surface area contributed by atoms with Crippen LogP contribution in [0.15, 0.2) is 24.5 Å². The number of aldehydes is 1. The van der Waals surface area contributed by atoms with Gasteiger partial charge in [-0.15, -0.1) is 0 Å². The molecule has 11 atom stereocenters. The van der Waals surface area contributed by atoms with E-state index in [2.05, 4.69) is 40.9 Å². The fourth-order valence-corrected chi connectivity index (χ4v) is 11.7. The Balaban J connectivity index is 1.57. The standard InChI is InChI=1S/C32H50O3/c1-20(2)22-11-16-32(21(3)35-8)18-17-30(6)23(27(22)32)9-10-25-28(4)14-13-26(34)29(5,19-33)24(28)12-15-31(25,30)7/h19,22-27,34H,1,3,9-18H2,2,4-8H3/t22?,23?,24-,25?,26+,27?,28+,29+,30-,31-,32-/m1/s1. The molecular weight excluding hydrogens is 432 g/mol. The molecule has 0 radical (unpaired) electrons. The fourth-order valence-electron chi connectivity index (χ4n) is 11.7. The molecule has 0 spiro atoms. The van der Waals surface area contributed by atoms with Crippen LogP contribution in [0.1, 0.15) is 98.8 Å². The summed E-state index contributed by atoms with van der Waals surface area (Å²) in [6.07, 6.45) is 11.9. The van der Waals surface area contributed by atoms with Gasteiger partial charge in [0.15, 0.2) is 0 Å². The summed E-state index contributed by atoms with van der Waals surface area (Å²) in [5, 5.41) is 10.9. The minimum Gasteiger partial charge on any atom is -0.501 e. The van der Waals surface area contributed by atoms with Crippen molar-refractivity contribution in [1.29, 1.82) is 0 Å². The van der Waals surface area contributed by atoms with E-state index in [1.807, 2.05) is 14.0 Å². The van der Waals surface area contributed by atoms with E-state index in [0.29, 0.717) is 23.7 Å². The Morgan fingerprint density at radius 3 is 2.23 bits per heavy atom. The number of allylic oxidation sites excluding steroid dienone is 2. The van der Waals surface area contributed by atoms with Gasteiger partial charge in [0, 0.05) is 5.41 Å². The molecule has 0 heterocycles. The van der Waals surface area contributed by atoms with Crippen molar-refractivity contribution in [3.63, 3.8) is 0 Å². The van der Waals surface area contributed by atoms with E-state index in [0.717, 1.165) is 31.3 Å². The van der Waals surface area contributed by atoms with Gasteiger partial charge in [-0.2, -0.15) is 0 Å². The van der Waals surface area contributed by atoms with Gasteiger partial charge in [-0.25, -0.2) is 0 Å². The summed E-state index contributed by atoms with van der Waals surface area (Å²) in [7, 11) is 1.82. The molecule has 0 aliphatic heterocycles. The molecule has 1 N–H and O–H groups in total. The zero-order valence-corrected chi connectivity index (χ0v) is 23.3. The van der Waals surface area contributed by atoms with Crippen LogP contribution in [0, 0.1) is 56.7 Å². The van der Waals surface area contributed by atoms with Gasteiger partial charge in [-0.3, -0.25) is 0 Å². The summed E-state index contributed by atoms with van der Waals surface area (Å²) in [4.78, 5) is 12.4. The maximum atomic E-state index is 12.4. The average molecular weight is 483 g/mol. The Morgan fingerprint density at radius 2 is 1.60 bits per heavy atom. The van der Waals surface area contributed by atoms with Crippen molar-refractivity contribution >= 4 is 6.29 Å². The van der Waals surface area contributed by atoms with Crippen molar-refractivity contribution in [2.24, 2.45) is 56.7 Å². The number of carbonyl (C=O) groups is 1. The third-order valence-corrected chi connectivity index (χ3v) is 13.8. The normalized spacial score (nSPS) is 55.1. The highest BCUT2D eigenvalue weighted by Gasteiger charge is 2.71. The Kier molecular flexibility index (Phi) is 5.81. The van der Waals surface area contributed by atoms with Gasteiger partial charge < -0.3 is 14.6 Å². The SMILES string of the molecule is C=C(C)C1CC[C@]2(C(=C)OC)CC[C@]3(C)C(CCC4[C@@]5(C)CC[C@H](O)[C@@](C)(C=O)[C@@H]5CC[C@]43C)C12. The van der Waals surface area contributed by atoms with Crippen LogP contribution in [-0.2, 0) is 9.53 Å². The largest absolute Gasteiger partial charge is 0.501 e. The van der Waals surface area contributed by atoms with Crippen LogP contribution in [0.4, 0.5) is 0 Å². The summed E-state index contributed by atoms with van der Waals surface area (Å²) < 4.78 is 5.92. The zero-order valence-electron chi connectivity index (χ0n) is 23.3. The molecule has 0 amide bonds. The quantitative estimate of drug-likeness (QED) is 0.259. The van der Waals surface area contributed by atoms with Crippen LogP contribution in [0.5, 0.6) is 0 Å². The molecule has 3 heteroatoms. The highest BCUT2D eigenvalue weighted by Crippen LogP contribution is 2.78. The van der Waals surface area contributed by atoms with E-state index in [1.165, 1.54) is 50.5 Å². The second kappa shape index (κ2) is 7.95. The van der Waals surface area contributed by atoms with Gasteiger partial charge >= 0.3 is 0 Å². The van der Waals surface area contributed by atoms with Gasteiger partial charge in [0.1, 0.15) is 6.29 Å². The lowest BCUT2D eigenvalue weighted by Crippen LogP contribution is -2.67. The van der Waals surface area contributed by atoms with E-state index in [9.17, 15) is 9.90 Å². The van der Waals surface area contributed by atoms with Crippen molar-refractivity contribution in [3.05, 3.63) is 24.5 Å². The molecule has 35 heavy (non-hydrogen) atoms. The third kappa shape index (κ3) is 2.97. The van der Waals surface area contributed by atoms with Crippen LogP contribution in [-0.4, -0.2) is 24.6 Å². The average Bonchev–Trinajstić information content (AvgIpc) is 3.23. The minimum atomic E-state index is -0.611. The second-order valence-electron chi connectivity index (χ2n) is 14.5. The number of fused-ring (bicyclic) bond motifs is 7. The number of aliphatic hydroxyl groups is 1. The van der Waals surface area contributed by atoms with Gasteiger partial charge in [-0.05, 0) is 117 Å². The zero-order chi connectivity index (χ0) is 25.6. The Bertz CT molecular complexity index is 924. The monoisotopic (exact) mass is 482 g/mol. The van der Waals surface area contributed by atoms with Crippen LogP contribution in [0.25, 0.3) is 0 Å². The van der Waals surface area contributed by atoms with Crippen molar-refractivity contribution in [2.75, 3.05) is 7.11 Å². The van der Waals surface area contributed by atoms with E-state index in [-0.39, 0.29) is 27.6 Å². The first-order chi connectivity index (χ1) is 16.4. The van der Waals surface area contributed by atoms with Crippen LogP contribution in [0.2, 0.25) is 0 Å². The van der Waals surface area contributed by atoms with Crippen molar-refractivity contribution in [2.45, 2.75) is 105 Å². The predicted octanol–water partition coefficient (Wildman–Crippen LogP) is 7.34. The lowest BCUT2D eigenvalue weighted by Gasteiger charge is -2.72. The molecule has 5 saturated carbocycles. The lowest BCUT2D eigenvalue weighted by molar-refractivity contribution is -0.244. The fraction of sp³-hybridized carbons (Fsp3) is 0.844. The third-order valence-electron chi connectivity index (χ3n) is 13.8. The highest BCUT2D eigenvalue weighted by atomic mass is 16.5. The second-order valence-corrected chi connectivity index (χ2v) is 14.5. The number of carbonyl (C=O) groups excluding carboxylic acids is 1. The number of hydrogen-bond donors (Lipinski definition) is 1. The summed E-state index contributed by atoms with van der Waals surface area (Å²) in [5.41, 5.74) is 1.45. The molecule has 0 bridgehead atoms.